The quantitative estimate of drug-likeness (QED) is 0.307. The number of fused-ring (bicyclic) bond motifs is 1. The summed E-state index contributed by atoms with van der Waals surface area (Å²) in [7, 11) is -1.71. The van der Waals surface area contributed by atoms with Crippen molar-refractivity contribution in [3.05, 3.63) is 72.1 Å². The normalized spacial score (nSPS) is 18.4. The molecule has 1 unspecified atom stereocenters. The van der Waals surface area contributed by atoms with Gasteiger partial charge in [0.05, 0.1) is 46.7 Å². The second-order valence-electron chi connectivity index (χ2n) is 10.4. The minimum absolute atomic E-state index is 0.0293. The first kappa shape index (κ1) is 26.8. The van der Waals surface area contributed by atoms with E-state index in [1.165, 1.54) is 6.20 Å². The number of nitrogens with zero attached hydrogens (tertiary/aromatic N) is 6. The first-order valence-corrected chi connectivity index (χ1v) is 15.0. The first-order chi connectivity index (χ1) is 19.8. The topological polar surface area (TPSA) is 154 Å². The zero-order valence-electron chi connectivity index (χ0n) is 22.7. The number of anilines is 2. The molecule has 12 nitrogen and oxygen atoms in total. The number of sulfonamides is 1. The summed E-state index contributed by atoms with van der Waals surface area (Å²) in [4.78, 5) is 31.5. The van der Waals surface area contributed by atoms with E-state index in [0.717, 1.165) is 16.8 Å². The highest BCUT2D eigenvalue weighted by molar-refractivity contribution is 7.93. The van der Waals surface area contributed by atoms with Crippen molar-refractivity contribution in [2.75, 3.05) is 16.6 Å². The number of nitrogens with one attached hydrogen (secondary N) is 2. The Kier molecular flexibility index (Phi) is 6.89. The summed E-state index contributed by atoms with van der Waals surface area (Å²) in [5.74, 6) is 0.172. The second kappa shape index (κ2) is 10.5. The Morgan fingerprint density at radius 1 is 1.15 bits per heavy atom. The van der Waals surface area contributed by atoms with Crippen LogP contribution in [0.15, 0.2) is 55.1 Å². The minimum atomic E-state index is -3.56. The predicted octanol–water partition coefficient (Wildman–Crippen LogP) is 3.04. The lowest BCUT2D eigenvalue weighted by Gasteiger charge is -2.35. The van der Waals surface area contributed by atoms with Gasteiger partial charge in [-0.05, 0) is 62.8 Å². The second-order valence-corrected chi connectivity index (χ2v) is 12.3. The summed E-state index contributed by atoms with van der Waals surface area (Å²) in [6, 6.07) is 9.02. The van der Waals surface area contributed by atoms with Crippen LogP contribution in [0.25, 0.3) is 11.3 Å². The highest BCUT2D eigenvalue weighted by Crippen LogP contribution is 2.39. The SMILES string of the molecule is CCOc1cncc(-c2ccc(NC(=O)C3(c4ccnc(NS(=O)(=O)C5CC5)n4)CCc4nn(C)cc4C3)cc2)n1. The van der Waals surface area contributed by atoms with E-state index in [0.29, 0.717) is 61.7 Å². The molecule has 0 bridgehead atoms. The van der Waals surface area contributed by atoms with Gasteiger partial charge in [0.2, 0.25) is 27.8 Å². The third-order valence-electron chi connectivity index (χ3n) is 7.39. The van der Waals surface area contributed by atoms with Gasteiger partial charge < -0.3 is 10.1 Å². The van der Waals surface area contributed by atoms with Crippen molar-refractivity contribution in [1.29, 1.82) is 0 Å². The van der Waals surface area contributed by atoms with Gasteiger partial charge >= 0.3 is 0 Å². The molecule has 6 rings (SSSR count). The van der Waals surface area contributed by atoms with Gasteiger partial charge in [0.15, 0.2) is 0 Å². The molecule has 1 saturated carbocycles. The van der Waals surface area contributed by atoms with Crippen molar-refractivity contribution in [3.8, 4) is 17.1 Å². The van der Waals surface area contributed by atoms with Crippen LogP contribution < -0.4 is 14.8 Å². The standard InChI is InChI=1S/C28H30N8O4S/c1-3-40-25-16-29-15-23(32-25)18-4-6-20(7-5-18)31-26(37)28(12-10-22-19(14-28)17-36(2)34-22)24-11-13-30-27(33-24)35-41(38,39)21-8-9-21/h4-7,11,13,15-17,21H,3,8-10,12,14H2,1-2H3,(H,31,37)(H,30,33,35). The molecule has 0 aliphatic heterocycles. The average molecular weight is 575 g/mol. The Bertz CT molecular complexity index is 1700. The van der Waals surface area contributed by atoms with Crippen LogP contribution in [0.4, 0.5) is 11.6 Å². The zero-order chi connectivity index (χ0) is 28.6. The van der Waals surface area contributed by atoms with Crippen molar-refractivity contribution >= 4 is 27.6 Å². The average Bonchev–Trinajstić information content (AvgIpc) is 3.76. The Balaban J connectivity index is 1.29. The van der Waals surface area contributed by atoms with Gasteiger partial charge in [0, 0.05) is 30.7 Å². The van der Waals surface area contributed by atoms with Crippen molar-refractivity contribution < 1.29 is 17.9 Å². The summed E-state index contributed by atoms with van der Waals surface area (Å²) >= 11 is 0. The van der Waals surface area contributed by atoms with E-state index >= 15 is 0 Å². The Morgan fingerprint density at radius 2 is 1.95 bits per heavy atom. The fourth-order valence-corrected chi connectivity index (χ4v) is 6.43. The van der Waals surface area contributed by atoms with Gasteiger partial charge in [-0.25, -0.2) is 23.4 Å². The van der Waals surface area contributed by atoms with Crippen molar-refractivity contribution in [1.82, 2.24) is 29.7 Å². The summed E-state index contributed by atoms with van der Waals surface area (Å²) in [5, 5.41) is 7.19. The molecule has 4 aromatic rings. The molecule has 1 fully saturated rings. The van der Waals surface area contributed by atoms with E-state index in [-0.39, 0.29) is 11.9 Å². The number of aryl methyl sites for hydroxylation is 2. The van der Waals surface area contributed by atoms with Crippen molar-refractivity contribution in [3.63, 3.8) is 0 Å². The third kappa shape index (κ3) is 5.49. The molecule has 13 heteroatoms. The molecule has 3 aromatic heterocycles. The number of hydrogen-bond acceptors (Lipinski definition) is 9. The van der Waals surface area contributed by atoms with Gasteiger partial charge in [-0.15, -0.1) is 0 Å². The molecule has 212 valence electrons. The highest BCUT2D eigenvalue weighted by Gasteiger charge is 2.46. The maximum absolute atomic E-state index is 14.1. The predicted molar refractivity (Wildman–Crippen MR) is 152 cm³/mol. The van der Waals surface area contributed by atoms with Crippen LogP contribution >= 0.6 is 0 Å². The van der Waals surface area contributed by atoms with Crippen LogP contribution in [0.2, 0.25) is 0 Å². The fourth-order valence-electron chi connectivity index (χ4n) is 5.16. The molecule has 0 spiro atoms. The lowest BCUT2D eigenvalue weighted by molar-refractivity contribution is -0.122. The minimum Gasteiger partial charge on any atom is -0.477 e. The molecule has 3 heterocycles. The molecule has 1 atom stereocenters. The van der Waals surface area contributed by atoms with Crippen LogP contribution in [0.3, 0.4) is 0 Å². The van der Waals surface area contributed by atoms with E-state index in [4.69, 9.17) is 4.74 Å². The van der Waals surface area contributed by atoms with Crippen LogP contribution in [0.1, 0.15) is 43.1 Å². The van der Waals surface area contributed by atoms with Gasteiger partial charge in [-0.2, -0.15) is 5.10 Å². The molecular weight excluding hydrogens is 544 g/mol. The highest BCUT2D eigenvalue weighted by atomic mass is 32.2. The van der Waals surface area contributed by atoms with Gasteiger partial charge in [0.1, 0.15) is 0 Å². The van der Waals surface area contributed by atoms with E-state index in [9.17, 15) is 13.2 Å². The van der Waals surface area contributed by atoms with Gasteiger partial charge in [0.25, 0.3) is 0 Å². The molecule has 1 aromatic carbocycles. The number of benzene rings is 1. The number of carbonyl (C=O) groups excluding carboxylic acids is 1. The van der Waals surface area contributed by atoms with Gasteiger partial charge in [-0.1, -0.05) is 12.1 Å². The van der Waals surface area contributed by atoms with E-state index in [1.54, 1.807) is 23.1 Å². The molecule has 1 amide bonds. The number of hydrogen-bond donors (Lipinski definition) is 2. The zero-order valence-corrected chi connectivity index (χ0v) is 23.6. The molecule has 41 heavy (non-hydrogen) atoms. The first-order valence-electron chi connectivity index (χ1n) is 13.5. The van der Waals surface area contributed by atoms with Crippen molar-refractivity contribution in [2.24, 2.45) is 7.05 Å². The number of ether oxygens (including phenoxy) is 1. The lowest BCUT2D eigenvalue weighted by Crippen LogP contribution is -2.45. The largest absolute Gasteiger partial charge is 0.477 e. The maximum atomic E-state index is 14.1. The smallest absolute Gasteiger partial charge is 0.237 e. The number of rotatable bonds is 9. The monoisotopic (exact) mass is 574 g/mol. The maximum Gasteiger partial charge on any atom is 0.237 e. The van der Waals surface area contributed by atoms with E-state index in [2.05, 4.69) is 35.1 Å². The fraction of sp³-hybridized carbons (Fsp3) is 0.357. The number of aromatic nitrogens is 6. The molecule has 2 aliphatic rings. The third-order valence-corrected chi connectivity index (χ3v) is 9.21. The van der Waals surface area contributed by atoms with E-state index < -0.39 is 20.7 Å². The molecule has 0 radical (unpaired) electrons. The Hall–Kier alpha value is -4.39. The summed E-state index contributed by atoms with van der Waals surface area (Å²) in [6.45, 7) is 2.38. The van der Waals surface area contributed by atoms with E-state index in [1.807, 2.05) is 44.4 Å². The Labute approximate surface area is 237 Å². The van der Waals surface area contributed by atoms with Crippen LogP contribution in [-0.2, 0) is 40.1 Å². The van der Waals surface area contributed by atoms with Crippen molar-refractivity contribution in [2.45, 2.75) is 49.7 Å². The Morgan fingerprint density at radius 3 is 2.71 bits per heavy atom. The molecule has 2 N–H and O–H groups in total. The van der Waals surface area contributed by atoms with Crippen LogP contribution in [0.5, 0.6) is 5.88 Å². The summed E-state index contributed by atoms with van der Waals surface area (Å²) < 4.78 is 34.8. The number of carbonyl (C=O) groups is 1. The molecule has 0 saturated heterocycles. The lowest BCUT2D eigenvalue weighted by atomic mass is 9.70. The molecular formula is C28H30N8O4S. The van der Waals surface area contributed by atoms with Crippen LogP contribution in [-0.4, -0.2) is 55.9 Å². The van der Waals surface area contributed by atoms with Gasteiger partial charge in [-0.3, -0.25) is 19.2 Å². The summed E-state index contributed by atoms with van der Waals surface area (Å²) in [5.41, 5.74) is 3.38. The number of amides is 1. The van der Waals surface area contributed by atoms with Crippen LogP contribution in [0, 0.1) is 0 Å². The molecule has 2 aliphatic carbocycles. The summed E-state index contributed by atoms with van der Waals surface area (Å²) in [6.07, 6.45) is 9.26.